The zero-order chi connectivity index (χ0) is 8.55. The topological polar surface area (TPSA) is 20.2 Å². The number of aliphatic hydroxyl groups excluding tert-OH is 1. The van der Waals surface area contributed by atoms with E-state index in [1.807, 2.05) is 30.3 Å². The fourth-order valence-corrected chi connectivity index (χ4v) is 2.24. The van der Waals surface area contributed by atoms with Gasteiger partial charge in [0.2, 0.25) is 0 Å². The van der Waals surface area contributed by atoms with Crippen molar-refractivity contribution in [1.29, 1.82) is 0 Å². The second-order valence-electron chi connectivity index (χ2n) is 2.52. The number of rotatable bonds is 1. The van der Waals surface area contributed by atoms with E-state index in [9.17, 15) is 0 Å². The van der Waals surface area contributed by atoms with Crippen LogP contribution in [-0.4, -0.2) is 5.11 Å². The molecule has 0 aliphatic carbocycles. The van der Waals surface area contributed by atoms with Crippen molar-refractivity contribution < 1.29 is 5.11 Å². The minimum Gasteiger partial charge on any atom is -0.373 e. The molecule has 1 nitrogen and oxygen atoms in total. The molecule has 0 aliphatic heterocycles. The SMILES string of the molecule is OC(Cl)c1cc2ccccc2s1. The second-order valence-corrected chi connectivity index (χ2v) is 4.05. The van der Waals surface area contributed by atoms with E-state index in [0.717, 1.165) is 15.0 Å². The average Bonchev–Trinajstić information content (AvgIpc) is 2.46. The van der Waals surface area contributed by atoms with E-state index < -0.39 is 5.56 Å². The van der Waals surface area contributed by atoms with E-state index >= 15 is 0 Å². The molecular weight excluding hydrogens is 192 g/mol. The Morgan fingerprint density at radius 1 is 1.33 bits per heavy atom. The molecule has 12 heavy (non-hydrogen) atoms. The number of halogens is 1. The van der Waals surface area contributed by atoms with Crippen LogP contribution in [0.1, 0.15) is 10.4 Å². The highest BCUT2D eigenvalue weighted by atomic mass is 35.5. The minimum absolute atomic E-state index is 0.804. The van der Waals surface area contributed by atoms with Crippen molar-refractivity contribution in [2.24, 2.45) is 0 Å². The van der Waals surface area contributed by atoms with Gasteiger partial charge in [0.15, 0.2) is 5.56 Å². The fraction of sp³-hybridized carbons (Fsp3) is 0.111. The van der Waals surface area contributed by atoms with Crippen molar-refractivity contribution in [2.45, 2.75) is 5.56 Å². The molecular formula is C9H7ClOS. The molecule has 0 fully saturated rings. The largest absolute Gasteiger partial charge is 0.373 e. The molecule has 1 atom stereocenters. The van der Waals surface area contributed by atoms with Gasteiger partial charge >= 0.3 is 0 Å². The maximum atomic E-state index is 9.10. The molecule has 0 saturated carbocycles. The van der Waals surface area contributed by atoms with Crippen molar-refractivity contribution in [3.05, 3.63) is 35.2 Å². The Labute approximate surface area is 79.2 Å². The molecule has 1 aromatic heterocycles. The van der Waals surface area contributed by atoms with Crippen molar-refractivity contribution in [2.75, 3.05) is 0 Å². The first-order chi connectivity index (χ1) is 5.77. The van der Waals surface area contributed by atoms with Gasteiger partial charge in [0.05, 0.1) is 0 Å². The minimum atomic E-state index is -0.873. The van der Waals surface area contributed by atoms with Crippen molar-refractivity contribution >= 4 is 33.0 Å². The Morgan fingerprint density at radius 3 is 2.75 bits per heavy atom. The monoisotopic (exact) mass is 198 g/mol. The van der Waals surface area contributed by atoms with Gasteiger partial charge in [-0.1, -0.05) is 29.8 Å². The van der Waals surface area contributed by atoms with Crippen LogP contribution in [0, 0.1) is 0 Å². The Balaban J connectivity index is 2.62. The summed E-state index contributed by atoms with van der Waals surface area (Å²) in [5, 5.41) is 10.2. The molecule has 62 valence electrons. The molecule has 1 aromatic carbocycles. The van der Waals surface area contributed by atoms with E-state index in [4.69, 9.17) is 16.7 Å². The summed E-state index contributed by atoms with van der Waals surface area (Å²) in [4.78, 5) is 0.804. The average molecular weight is 199 g/mol. The quantitative estimate of drug-likeness (QED) is 0.699. The van der Waals surface area contributed by atoms with Crippen molar-refractivity contribution in [3.63, 3.8) is 0 Å². The van der Waals surface area contributed by atoms with Crippen LogP contribution in [0.5, 0.6) is 0 Å². The first-order valence-corrected chi connectivity index (χ1v) is 4.83. The maximum absolute atomic E-state index is 9.10. The van der Waals surface area contributed by atoms with E-state index in [1.165, 1.54) is 11.3 Å². The predicted molar refractivity (Wildman–Crippen MR) is 52.6 cm³/mol. The van der Waals surface area contributed by atoms with Crippen LogP contribution in [0.15, 0.2) is 30.3 Å². The summed E-state index contributed by atoms with van der Waals surface area (Å²) in [6.07, 6.45) is 0. The fourth-order valence-electron chi connectivity index (χ4n) is 1.12. The van der Waals surface area contributed by atoms with Crippen molar-refractivity contribution in [1.82, 2.24) is 0 Å². The normalized spacial score (nSPS) is 13.5. The molecule has 3 heteroatoms. The molecule has 1 heterocycles. The third-order valence-electron chi connectivity index (χ3n) is 1.68. The van der Waals surface area contributed by atoms with Gasteiger partial charge in [0.1, 0.15) is 0 Å². The third kappa shape index (κ3) is 1.33. The highest BCUT2D eigenvalue weighted by molar-refractivity contribution is 7.19. The number of hydrogen-bond acceptors (Lipinski definition) is 2. The van der Waals surface area contributed by atoms with Crippen LogP contribution in [0.25, 0.3) is 10.1 Å². The van der Waals surface area contributed by atoms with Gasteiger partial charge in [0.25, 0.3) is 0 Å². The summed E-state index contributed by atoms with van der Waals surface area (Å²) in [7, 11) is 0. The molecule has 0 saturated heterocycles. The van der Waals surface area contributed by atoms with E-state index in [-0.39, 0.29) is 0 Å². The van der Waals surface area contributed by atoms with Crippen LogP contribution < -0.4 is 0 Å². The Bertz CT molecular complexity index is 361. The second kappa shape index (κ2) is 3.05. The Kier molecular flexibility index (Phi) is 2.05. The smallest absolute Gasteiger partial charge is 0.162 e. The standard InChI is InChI=1S/C9H7ClOS/c10-9(11)8-5-6-3-1-2-4-7(6)12-8/h1-5,9,11H. The van der Waals surface area contributed by atoms with E-state index in [0.29, 0.717) is 0 Å². The summed E-state index contributed by atoms with van der Waals surface area (Å²) in [5.41, 5.74) is -0.873. The summed E-state index contributed by atoms with van der Waals surface area (Å²) in [6, 6.07) is 9.89. The van der Waals surface area contributed by atoms with Crippen LogP contribution >= 0.6 is 22.9 Å². The van der Waals surface area contributed by atoms with Crippen molar-refractivity contribution in [3.8, 4) is 0 Å². The molecule has 1 unspecified atom stereocenters. The molecule has 1 N–H and O–H groups in total. The zero-order valence-electron chi connectivity index (χ0n) is 6.20. The summed E-state index contributed by atoms with van der Waals surface area (Å²) in [5.74, 6) is 0. The lowest BCUT2D eigenvalue weighted by atomic mass is 10.2. The molecule has 0 bridgehead atoms. The van der Waals surface area contributed by atoms with Crippen LogP contribution in [0.4, 0.5) is 0 Å². The number of thiophene rings is 1. The summed E-state index contributed by atoms with van der Waals surface area (Å²) in [6.45, 7) is 0. The predicted octanol–water partition coefficient (Wildman–Crippen LogP) is 3.13. The van der Waals surface area contributed by atoms with E-state index in [1.54, 1.807) is 0 Å². The molecule has 0 radical (unpaired) electrons. The van der Waals surface area contributed by atoms with Crippen LogP contribution in [-0.2, 0) is 0 Å². The van der Waals surface area contributed by atoms with Gasteiger partial charge in [-0.05, 0) is 17.5 Å². The molecule has 0 spiro atoms. The highest BCUT2D eigenvalue weighted by Gasteiger charge is 2.06. The van der Waals surface area contributed by atoms with Gasteiger partial charge in [-0.15, -0.1) is 11.3 Å². The van der Waals surface area contributed by atoms with Gasteiger partial charge in [-0.3, -0.25) is 0 Å². The van der Waals surface area contributed by atoms with Crippen LogP contribution in [0.3, 0.4) is 0 Å². The first kappa shape index (κ1) is 8.05. The highest BCUT2D eigenvalue weighted by Crippen LogP contribution is 2.31. The Hall–Kier alpha value is -0.570. The maximum Gasteiger partial charge on any atom is 0.162 e. The zero-order valence-corrected chi connectivity index (χ0v) is 7.77. The van der Waals surface area contributed by atoms with Gasteiger partial charge < -0.3 is 5.11 Å². The van der Waals surface area contributed by atoms with Gasteiger partial charge in [0, 0.05) is 9.58 Å². The van der Waals surface area contributed by atoms with Gasteiger partial charge in [-0.25, -0.2) is 0 Å². The molecule has 2 rings (SSSR count). The lowest BCUT2D eigenvalue weighted by molar-refractivity contribution is 0.267. The molecule has 0 aliphatic rings. The Morgan fingerprint density at radius 2 is 2.08 bits per heavy atom. The number of aliphatic hydroxyl groups is 1. The molecule has 2 aromatic rings. The van der Waals surface area contributed by atoms with Crippen LogP contribution in [0.2, 0.25) is 0 Å². The third-order valence-corrected chi connectivity index (χ3v) is 3.21. The first-order valence-electron chi connectivity index (χ1n) is 3.58. The van der Waals surface area contributed by atoms with E-state index in [2.05, 4.69) is 0 Å². The van der Waals surface area contributed by atoms with Gasteiger partial charge in [-0.2, -0.15) is 0 Å². The number of alkyl halides is 1. The molecule has 0 amide bonds. The lowest BCUT2D eigenvalue weighted by Crippen LogP contribution is -1.78. The summed E-state index contributed by atoms with van der Waals surface area (Å²) < 4.78 is 1.16. The number of fused-ring (bicyclic) bond motifs is 1. The number of hydrogen-bond donors (Lipinski definition) is 1. The lowest BCUT2D eigenvalue weighted by Gasteiger charge is -1.92. The number of benzene rings is 1. The summed E-state index contributed by atoms with van der Waals surface area (Å²) >= 11 is 7.06.